The summed E-state index contributed by atoms with van der Waals surface area (Å²) in [4.78, 5) is 0. The van der Waals surface area contributed by atoms with Crippen molar-refractivity contribution in [1.82, 2.24) is 0 Å². The van der Waals surface area contributed by atoms with Crippen LogP contribution in [0.1, 0.15) is 11.1 Å². The standard InChI is InChI=1S/C15H15FO2/c16-14-7-5-12(6-8-14)9-10-18-15-4-2-1-3-13(15)11-17/h1-8,17H,9-11H2. The van der Waals surface area contributed by atoms with Gasteiger partial charge in [-0.1, -0.05) is 30.3 Å². The first-order valence-electron chi connectivity index (χ1n) is 5.85. The van der Waals surface area contributed by atoms with Crippen molar-refractivity contribution < 1.29 is 14.2 Å². The molecule has 0 heterocycles. The van der Waals surface area contributed by atoms with E-state index in [9.17, 15) is 4.39 Å². The molecule has 0 aromatic heterocycles. The smallest absolute Gasteiger partial charge is 0.124 e. The minimum absolute atomic E-state index is 0.0350. The van der Waals surface area contributed by atoms with Crippen LogP contribution in [0.25, 0.3) is 0 Å². The van der Waals surface area contributed by atoms with Crippen molar-refractivity contribution in [3.05, 3.63) is 65.5 Å². The normalized spacial score (nSPS) is 10.3. The molecular weight excluding hydrogens is 231 g/mol. The highest BCUT2D eigenvalue weighted by molar-refractivity contribution is 5.32. The monoisotopic (exact) mass is 246 g/mol. The lowest BCUT2D eigenvalue weighted by Crippen LogP contribution is -2.03. The van der Waals surface area contributed by atoms with E-state index >= 15 is 0 Å². The van der Waals surface area contributed by atoms with E-state index in [2.05, 4.69) is 0 Å². The molecule has 0 fully saturated rings. The Bertz CT molecular complexity index is 494. The number of hydrogen-bond acceptors (Lipinski definition) is 2. The largest absolute Gasteiger partial charge is 0.493 e. The van der Waals surface area contributed by atoms with Crippen molar-refractivity contribution in [1.29, 1.82) is 0 Å². The first-order chi connectivity index (χ1) is 8.79. The van der Waals surface area contributed by atoms with E-state index in [1.807, 2.05) is 24.3 Å². The summed E-state index contributed by atoms with van der Waals surface area (Å²) in [5, 5.41) is 9.14. The number of halogens is 1. The second kappa shape index (κ2) is 6.17. The highest BCUT2D eigenvalue weighted by atomic mass is 19.1. The molecule has 2 rings (SSSR count). The van der Waals surface area contributed by atoms with Gasteiger partial charge in [0.2, 0.25) is 0 Å². The molecule has 0 aliphatic heterocycles. The van der Waals surface area contributed by atoms with Crippen LogP contribution in [-0.4, -0.2) is 11.7 Å². The van der Waals surface area contributed by atoms with Gasteiger partial charge in [-0.3, -0.25) is 0 Å². The highest BCUT2D eigenvalue weighted by Crippen LogP contribution is 2.17. The maximum absolute atomic E-state index is 12.7. The zero-order valence-electron chi connectivity index (χ0n) is 9.97. The van der Waals surface area contributed by atoms with E-state index < -0.39 is 0 Å². The maximum atomic E-state index is 12.7. The molecule has 2 aromatic carbocycles. The van der Waals surface area contributed by atoms with Crippen molar-refractivity contribution in [2.75, 3.05) is 6.61 Å². The summed E-state index contributed by atoms with van der Waals surface area (Å²) >= 11 is 0. The fourth-order valence-corrected chi connectivity index (χ4v) is 1.71. The topological polar surface area (TPSA) is 29.5 Å². The van der Waals surface area contributed by atoms with Crippen molar-refractivity contribution in [3.63, 3.8) is 0 Å². The number of aliphatic hydroxyl groups is 1. The molecule has 94 valence electrons. The fourth-order valence-electron chi connectivity index (χ4n) is 1.71. The quantitative estimate of drug-likeness (QED) is 0.879. The van der Waals surface area contributed by atoms with E-state index in [4.69, 9.17) is 9.84 Å². The number of benzene rings is 2. The molecule has 0 aliphatic rings. The minimum atomic E-state index is -0.231. The number of rotatable bonds is 5. The van der Waals surface area contributed by atoms with Crippen LogP contribution in [0.15, 0.2) is 48.5 Å². The predicted molar refractivity (Wildman–Crippen MR) is 68.0 cm³/mol. The van der Waals surface area contributed by atoms with Crippen LogP contribution in [0.3, 0.4) is 0 Å². The first-order valence-corrected chi connectivity index (χ1v) is 5.85. The zero-order valence-corrected chi connectivity index (χ0v) is 9.97. The molecule has 18 heavy (non-hydrogen) atoms. The molecule has 2 aromatic rings. The zero-order chi connectivity index (χ0) is 12.8. The molecule has 3 heteroatoms. The second-order valence-electron chi connectivity index (χ2n) is 3.99. The van der Waals surface area contributed by atoms with Gasteiger partial charge in [-0.05, 0) is 23.8 Å². The molecule has 1 N–H and O–H groups in total. The van der Waals surface area contributed by atoms with E-state index in [0.29, 0.717) is 18.8 Å². The van der Waals surface area contributed by atoms with E-state index in [1.165, 1.54) is 12.1 Å². The molecule has 0 aliphatic carbocycles. The van der Waals surface area contributed by atoms with Crippen LogP contribution in [0.4, 0.5) is 4.39 Å². The van der Waals surface area contributed by atoms with Gasteiger partial charge in [-0.15, -0.1) is 0 Å². The average Bonchev–Trinajstić information content (AvgIpc) is 2.41. The van der Waals surface area contributed by atoms with Gasteiger partial charge >= 0.3 is 0 Å². The Morgan fingerprint density at radius 2 is 1.72 bits per heavy atom. The molecule has 0 spiro atoms. The molecule has 0 unspecified atom stereocenters. The van der Waals surface area contributed by atoms with Gasteiger partial charge in [0.25, 0.3) is 0 Å². The molecule has 0 saturated carbocycles. The third-order valence-electron chi connectivity index (χ3n) is 2.70. The van der Waals surface area contributed by atoms with Crippen LogP contribution in [0, 0.1) is 5.82 Å². The van der Waals surface area contributed by atoms with E-state index in [1.54, 1.807) is 12.1 Å². The van der Waals surface area contributed by atoms with Crippen LogP contribution in [0.2, 0.25) is 0 Å². The Kier molecular flexibility index (Phi) is 4.31. The summed E-state index contributed by atoms with van der Waals surface area (Å²) in [5.41, 5.74) is 1.80. The summed E-state index contributed by atoms with van der Waals surface area (Å²) in [6.45, 7) is 0.468. The Morgan fingerprint density at radius 3 is 2.44 bits per heavy atom. The molecule has 0 saturated heterocycles. The van der Waals surface area contributed by atoms with Crippen molar-refractivity contribution in [2.24, 2.45) is 0 Å². The summed E-state index contributed by atoms with van der Waals surface area (Å²) in [6.07, 6.45) is 0.708. The molecule has 0 bridgehead atoms. The molecule has 0 radical (unpaired) electrons. The number of para-hydroxylation sites is 1. The Morgan fingerprint density at radius 1 is 1.00 bits per heavy atom. The van der Waals surface area contributed by atoms with Gasteiger partial charge < -0.3 is 9.84 Å². The maximum Gasteiger partial charge on any atom is 0.124 e. The molecule has 0 atom stereocenters. The van der Waals surface area contributed by atoms with Crippen LogP contribution < -0.4 is 4.74 Å². The summed E-state index contributed by atoms with van der Waals surface area (Å²) in [6, 6.07) is 13.8. The lowest BCUT2D eigenvalue weighted by atomic mass is 10.1. The average molecular weight is 246 g/mol. The first kappa shape index (κ1) is 12.6. The van der Waals surface area contributed by atoms with Gasteiger partial charge in [0.05, 0.1) is 13.2 Å². The molecule has 2 nitrogen and oxygen atoms in total. The Balaban J connectivity index is 1.90. The van der Waals surface area contributed by atoms with Crippen LogP contribution >= 0.6 is 0 Å². The predicted octanol–water partition coefficient (Wildman–Crippen LogP) is 2.94. The third kappa shape index (κ3) is 3.31. The van der Waals surface area contributed by atoms with Gasteiger partial charge in [0.1, 0.15) is 11.6 Å². The second-order valence-corrected chi connectivity index (χ2v) is 3.99. The number of aliphatic hydroxyl groups excluding tert-OH is 1. The summed E-state index contributed by atoms with van der Waals surface area (Å²) < 4.78 is 18.3. The number of ether oxygens (including phenoxy) is 1. The minimum Gasteiger partial charge on any atom is -0.493 e. The van der Waals surface area contributed by atoms with Crippen LogP contribution in [-0.2, 0) is 13.0 Å². The SMILES string of the molecule is OCc1ccccc1OCCc1ccc(F)cc1. The van der Waals surface area contributed by atoms with E-state index in [-0.39, 0.29) is 12.4 Å². The summed E-state index contributed by atoms with van der Waals surface area (Å²) in [5.74, 6) is 0.465. The fraction of sp³-hybridized carbons (Fsp3) is 0.200. The van der Waals surface area contributed by atoms with Crippen molar-refractivity contribution in [2.45, 2.75) is 13.0 Å². The lowest BCUT2D eigenvalue weighted by molar-refractivity contribution is 0.264. The molecule has 0 amide bonds. The van der Waals surface area contributed by atoms with Crippen molar-refractivity contribution in [3.8, 4) is 5.75 Å². The van der Waals surface area contributed by atoms with Gasteiger partial charge in [0, 0.05) is 12.0 Å². The van der Waals surface area contributed by atoms with Gasteiger partial charge in [-0.25, -0.2) is 4.39 Å². The van der Waals surface area contributed by atoms with E-state index in [0.717, 1.165) is 11.1 Å². The lowest BCUT2D eigenvalue weighted by Gasteiger charge is -2.09. The van der Waals surface area contributed by atoms with Crippen LogP contribution in [0.5, 0.6) is 5.75 Å². The van der Waals surface area contributed by atoms with Gasteiger partial charge in [0.15, 0.2) is 0 Å². The van der Waals surface area contributed by atoms with Gasteiger partial charge in [-0.2, -0.15) is 0 Å². The molecular formula is C15H15FO2. The highest BCUT2D eigenvalue weighted by Gasteiger charge is 2.01. The number of hydrogen-bond donors (Lipinski definition) is 1. The Hall–Kier alpha value is -1.87. The Labute approximate surface area is 106 Å². The van der Waals surface area contributed by atoms with Crippen molar-refractivity contribution >= 4 is 0 Å². The summed E-state index contributed by atoms with van der Waals surface area (Å²) in [7, 11) is 0. The third-order valence-corrected chi connectivity index (χ3v) is 2.70.